The Morgan fingerprint density at radius 2 is 0.912 bits per heavy atom. The number of hydrogen-bond donors (Lipinski definition) is 2. The van der Waals surface area contributed by atoms with Crippen LogP contribution in [-0.2, 0) is 22.4 Å². The Balaban J connectivity index is 1.62. The van der Waals surface area contributed by atoms with E-state index in [1.54, 1.807) is 24.8 Å². The highest BCUT2D eigenvalue weighted by Crippen LogP contribution is 2.29. The van der Waals surface area contributed by atoms with Gasteiger partial charge in [-0.05, 0) is 46.5 Å². The molecule has 4 aromatic rings. The molecule has 6 nitrogen and oxygen atoms in total. The van der Waals surface area contributed by atoms with Crippen LogP contribution in [0.25, 0.3) is 0 Å². The minimum Gasteiger partial charge on any atom is -0.347 e. The number of benzene rings is 2. The summed E-state index contributed by atoms with van der Waals surface area (Å²) < 4.78 is 0. The molecule has 170 valence electrons. The third kappa shape index (κ3) is 6.36. The summed E-state index contributed by atoms with van der Waals surface area (Å²) >= 11 is 0. The molecule has 4 rings (SSSR count). The number of pyridine rings is 2. The van der Waals surface area contributed by atoms with Crippen molar-refractivity contribution in [2.45, 2.75) is 24.9 Å². The average molecular weight is 451 g/mol. The lowest BCUT2D eigenvalue weighted by Gasteiger charge is -2.30. The summed E-state index contributed by atoms with van der Waals surface area (Å²) in [5, 5.41) is 6.30. The molecule has 2 aromatic carbocycles. The second kappa shape index (κ2) is 11.5. The van der Waals surface area contributed by atoms with E-state index < -0.39 is 12.1 Å². The Hall–Kier alpha value is -4.32. The second-order valence-electron chi connectivity index (χ2n) is 7.98. The standard InChI is InChI=1S/C28H26N4O2/c33-25(19-21-7-3-1-4-8-21)31-27(23-11-15-29-16-12-23)28(24-13-17-30-18-14-24)32-26(34)20-22-9-5-2-6-10-22/h1-18,27-28H,19-20H2,(H,31,33)(H,32,34)/t27-,28+. The number of carbonyl (C=O) groups excluding carboxylic acids is 2. The monoisotopic (exact) mass is 450 g/mol. The number of amides is 2. The van der Waals surface area contributed by atoms with Crippen molar-refractivity contribution in [3.05, 3.63) is 132 Å². The fraction of sp³-hybridized carbons (Fsp3) is 0.143. The number of aromatic nitrogens is 2. The summed E-state index contributed by atoms with van der Waals surface area (Å²) in [6.45, 7) is 0. The Morgan fingerprint density at radius 3 is 1.26 bits per heavy atom. The molecule has 0 fully saturated rings. The van der Waals surface area contributed by atoms with E-state index in [1.165, 1.54) is 0 Å². The van der Waals surface area contributed by atoms with Crippen molar-refractivity contribution < 1.29 is 9.59 Å². The minimum atomic E-state index is -0.499. The van der Waals surface area contributed by atoms with Gasteiger partial charge in [-0.2, -0.15) is 0 Å². The highest BCUT2D eigenvalue weighted by molar-refractivity contribution is 5.81. The van der Waals surface area contributed by atoms with Gasteiger partial charge in [-0.25, -0.2) is 0 Å². The third-order valence-corrected chi connectivity index (χ3v) is 5.51. The van der Waals surface area contributed by atoms with Gasteiger partial charge in [0.2, 0.25) is 11.8 Å². The fourth-order valence-corrected chi connectivity index (χ4v) is 3.87. The van der Waals surface area contributed by atoms with Gasteiger partial charge in [-0.1, -0.05) is 60.7 Å². The maximum absolute atomic E-state index is 13.1. The van der Waals surface area contributed by atoms with Gasteiger partial charge in [0.15, 0.2) is 0 Å². The van der Waals surface area contributed by atoms with Gasteiger partial charge in [0, 0.05) is 24.8 Å². The molecule has 0 radical (unpaired) electrons. The number of hydrogen-bond acceptors (Lipinski definition) is 4. The predicted octanol–water partition coefficient (Wildman–Crippen LogP) is 3.98. The molecule has 6 heteroatoms. The molecule has 2 aromatic heterocycles. The van der Waals surface area contributed by atoms with E-state index in [2.05, 4.69) is 20.6 Å². The van der Waals surface area contributed by atoms with Crippen LogP contribution in [0.5, 0.6) is 0 Å². The topological polar surface area (TPSA) is 84.0 Å². The van der Waals surface area contributed by atoms with Crippen LogP contribution < -0.4 is 10.6 Å². The molecule has 34 heavy (non-hydrogen) atoms. The van der Waals surface area contributed by atoms with E-state index >= 15 is 0 Å². The Kier molecular flexibility index (Phi) is 7.74. The maximum atomic E-state index is 13.1. The van der Waals surface area contributed by atoms with Crippen LogP contribution in [0, 0.1) is 0 Å². The number of nitrogens with one attached hydrogen (secondary N) is 2. The third-order valence-electron chi connectivity index (χ3n) is 5.51. The zero-order valence-electron chi connectivity index (χ0n) is 18.7. The molecule has 0 aliphatic carbocycles. The molecule has 0 spiro atoms. The molecular weight excluding hydrogens is 424 g/mol. The van der Waals surface area contributed by atoms with Gasteiger partial charge in [0.1, 0.15) is 0 Å². The molecule has 0 aliphatic heterocycles. The first-order valence-electron chi connectivity index (χ1n) is 11.2. The van der Waals surface area contributed by atoms with Gasteiger partial charge in [0.05, 0.1) is 24.9 Å². The molecule has 2 amide bonds. The number of rotatable bonds is 9. The van der Waals surface area contributed by atoms with Crippen LogP contribution in [0.4, 0.5) is 0 Å². The lowest BCUT2D eigenvalue weighted by molar-refractivity contribution is -0.124. The summed E-state index contributed by atoms with van der Waals surface area (Å²) in [5.74, 6) is -0.270. The Morgan fingerprint density at radius 1 is 0.559 bits per heavy atom. The summed E-state index contributed by atoms with van der Waals surface area (Å²) in [5.41, 5.74) is 3.53. The van der Waals surface area contributed by atoms with E-state index in [0.29, 0.717) is 0 Å². The molecule has 0 saturated heterocycles. The van der Waals surface area contributed by atoms with Crippen LogP contribution in [0.15, 0.2) is 110 Å². The molecular formula is C28H26N4O2. The summed E-state index contributed by atoms with van der Waals surface area (Å²) in [7, 11) is 0. The first-order valence-corrected chi connectivity index (χ1v) is 11.2. The summed E-state index contributed by atoms with van der Waals surface area (Å²) in [4.78, 5) is 34.3. The lowest BCUT2D eigenvalue weighted by atomic mass is 9.93. The largest absolute Gasteiger partial charge is 0.347 e. The molecule has 2 heterocycles. The van der Waals surface area contributed by atoms with Crippen LogP contribution in [0.3, 0.4) is 0 Å². The van der Waals surface area contributed by atoms with E-state index in [4.69, 9.17) is 0 Å². The van der Waals surface area contributed by atoms with E-state index in [1.807, 2.05) is 84.9 Å². The molecule has 2 atom stereocenters. The number of nitrogens with zero attached hydrogens (tertiary/aromatic N) is 2. The van der Waals surface area contributed by atoms with Crippen molar-refractivity contribution in [1.82, 2.24) is 20.6 Å². The average Bonchev–Trinajstić information content (AvgIpc) is 2.88. The smallest absolute Gasteiger partial charge is 0.224 e. The van der Waals surface area contributed by atoms with Crippen molar-refractivity contribution in [3.63, 3.8) is 0 Å². The van der Waals surface area contributed by atoms with Crippen LogP contribution in [0.2, 0.25) is 0 Å². The van der Waals surface area contributed by atoms with Crippen molar-refractivity contribution >= 4 is 11.8 Å². The van der Waals surface area contributed by atoms with Gasteiger partial charge in [0.25, 0.3) is 0 Å². The van der Waals surface area contributed by atoms with Gasteiger partial charge < -0.3 is 10.6 Å². The molecule has 0 bridgehead atoms. The highest BCUT2D eigenvalue weighted by atomic mass is 16.2. The zero-order chi connectivity index (χ0) is 23.6. The molecule has 2 N–H and O–H groups in total. The van der Waals surface area contributed by atoms with Gasteiger partial charge >= 0.3 is 0 Å². The van der Waals surface area contributed by atoms with Crippen LogP contribution in [-0.4, -0.2) is 21.8 Å². The van der Waals surface area contributed by atoms with Crippen molar-refractivity contribution in [2.75, 3.05) is 0 Å². The van der Waals surface area contributed by atoms with Crippen molar-refractivity contribution in [1.29, 1.82) is 0 Å². The Bertz CT molecular complexity index is 1090. The van der Waals surface area contributed by atoms with Gasteiger partial charge in [-0.3, -0.25) is 19.6 Å². The first kappa shape index (κ1) is 22.9. The van der Waals surface area contributed by atoms with Crippen LogP contribution in [0.1, 0.15) is 34.3 Å². The SMILES string of the molecule is O=C(Cc1ccccc1)N[C@H](c1ccncc1)[C@@H](NC(=O)Cc1ccccc1)c1ccncc1. The maximum Gasteiger partial charge on any atom is 0.224 e. The van der Waals surface area contributed by atoms with Crippen molar-refractivity contribution in [3.8, 4) is 0 Å². The minimum absolute atomic E-state index is 0.135. The van der Waals surface area contributed by atoms with Gasteiger partial charge in [-0.15, -0.1) is 0 Å². The zero-order valence-corrected chi connectivity index (χ0v) is 18.7. The Labute approximate surface area is 199 Å². The van der Waals surface area contributed by atoms with Crippen molar-refractivity contribution in [2.24, 2.45) is 0 Å². The normalized spacial score (nSPS) is 12.4. The predicted molar refractivity (Wildman–Crippen MR) is 131 cm³/mol. The lowest BCUT2D eigenvalue weighted by Crippen LogP contribution is -2.41. The summed E-state index contributed by atoms with van der Waals surface area (Å²) in [6, 6.07) is 25.6. The first-order chi connectivity index (χ1) is 16.7. The quantitative estimate of drug-likeness (QED) is 0.404. The second-order valence-corrected chi connectivity index (χ2v) is 7.98. The molecule has 0 unspecified atom stereocenters. The fourth-order valence-electron chi connectivity index (χ4n) is 3.87. The van der Waals surface area contributed by atoms with E-state index in [0.717, 1.165) is 22.3 Å². The van der Waals surface area contributed by atoms with Crippen LogP contribution >= 0.6 is 0 Å². The number of carbonyl (C=O) groups is 2. The highest BCUT2D eigenvalue weighted by Gasteiger charge is 2.28. The molecule has 0 saturated carbocycles. The summed E-state index contributed by atoms with van der Waals surface area (Å²) in [6.07, 6.45) is 7.21. The van der Waals surface area contributed by atoms with E-state index in [-0.39, 0.29) is 24.7 Å². The van der Waals surface area contributed by atoms with E-state index in [9.17, 15) is 9.59 Å². The molecule has 0 aliphatic rings.